The third-order valence-electron chi connectivity index (χ3n) is 6.67. The molecular formula is C30H15N5. The van der Waals surface area contributed by atoms with Crippen LogP contribution in [0.1, 0.15) is 11.4 Å². The molecule has 5 nitrogen and oxygen atoms in total. The highest BCUT2D eigenvalue weighted by molar-refractivity contribution is 6.32. The van der Waals surface area contributed by atoms with Crippen molar-refractivity contribution >= 4 is 54.4 Å². The first kappa shape index (κ1) is 19.2. The van der Waals surface area contributed by atoms with Crippen LogP contribution in [0, 0.1) is 22.7 Å². The lowest BCUT2D eigenvalue weighted by atomic mass is 9.97. The van der Waals surface area contributed by atoms with Crippen molar-refractivity contribution in [2.45, 2.75) is 0 Å². The lowest BCUT2D eigenvalue weighted by Gasteiger charge is -2.14. The number of hydrogen-bond donors (Lipinski definition) is 0. The van der Waals surface area contributed by atoms with Crippen molar-refractivity contribution in [3.8, 4) is 17.8 Å². The maximum atomic E-state index is 9.65. The minimum absolute atomic E-state index is 0.0419. The number of nitrogens with zero attached hydrogens (tertiary/aromatic N) is 5. The van der Waals surface area contributed by atoms with Gasteiger partial charge < -0.3 is 4.57 Å². The second-order valence-corrected chi connectivity index (χ2v) is 8.46. The van der Waals surface area contributed by atoms with E-state index in [1.807, 2.05) is 48.5 Å². The summed E-state index contributed by atoms with van der Waals surface area (Å²) in [7, 11) is 0. The highest BCUT2D eigenvalue weighted by Gasteiger charge is 2.20. The van der Waals surface area contributed by atoms with Gasteiger partial charge in [-0.25, -0.2) is 9.97 Å². The number of rotatable bonds is 1. The fraction of sp³-hybridized carbons (Fsp3) is 0. The Labute approximate surface area is 199 Å². The number of aromatic nitrogens is 3. The molecule has 2 aromatic heterocycles. The minimum Gasteiger partial charge on any atom is -0.309 e. The third-order valence-corrected chi connectivity index (χ3v) is 6.67. The Balaban J connectivity index is 1.83. The Bertz CT molecular complexity index is 2070. The average Bonchev–Trinajstić information content (AvgIpc) is 3.27. The fourth-order valence-corrected chi connectivity index (χ4v) is 5.25. The summed E-state index contributed by atoms with van der Waals surface area (Å²) in [5, 5.41) is 25.4. The summed E-state index contributed by atoms with van der Waals surface area (Å²) >= 11 is 0. The van der Waals surface area contributed by atoms with E-state index in [1.165, 1.54) is 5.39 Å². The first-order valence-electron chi connectivity index (χ1n) is 11.2. The lowest BCUT2D eigenvalue weighted by molar-refractivity contribution is 1.19. The van der Waals surface area contributed by atoms with E-state index in [1.54, 1.807) is 0 Å². The molecule has 0 atom stereocenters. The molecule has 0 N–H and O–H groups in total. The molecule has 0 aliphatic heterocycles. The highest BCUT2D eigenvalue weighted by atomic mass is 15.0. The second-order valence-electron chi connectivity index (χ2n) is 8.46. The van der Waals surface area contributed by atoms with Gasteiger partial charge in [-0.05, 0) is 23.6 Å². The number of nitriles is 2. The molecule has 0 saturated heterocycles. The van der Waals surface area contributed by atoms with Gasteiger partial charge in [0.1, 0.15) is 12.1 Å². The Morgan fingerprint density at radius 2 is 1.11 bits per heavy atom. The quantitative estimate of drug-likeness (QED) is 0.261. The zero-order valence-corrected chi connectivity index (χ0v) is 18.4. The molecule has 0 spiro atoms. The molecule has 0 unspecified atom stereocenters. The van der Waals surface area contributed by atoms with Crippen molar-refractivity contribution < 1.29 is 0 Å². The molecule has 0 aliphatic rings. The van der Waals surface area contributed by atoms with Gasteiger partial charge in [-0.2, -0.15) is 10.5 Å². The van der Waals surface area contributed by atoms with Crippen molar-refractivity contribution in [1.82, 2.24) is 14.5 Å². The zero-order chi connectivity index (χ0) is 23.5. The van der Waals surface area contributed by atoms with E-state index >= 15 is 0 Å². The van der Waals surface area contributed by atoms with Crippen LogP contribution in [0.25, 0.3) is 60.1 Å². The van der Waals surface area contributed by atoms with E-state index in [-0.39, 0.29) is 11.4 Å². The summed E-state index contributed by atoms with van der Waals surface area (Å²) in [4.78, 5) is 9.24. The Hall–Kier alpha value is -5.26. The molecule has 160 valence electrons. The molecule has 2 heterocycles. The molecule has 7 aromatic rings. The summed E-state index contributed by atoms with van der Waals surface area (Å²) in [6.45, 7) is 0. The standard InChI is InChI=1S/C30H15N5/c31-16-24-25(17-32)34-29-23-15-14-22-19-10-6-7-13-26(19)35(18-8-2-1-3-9-18)30(22)27(23)20-11-4-5-12-21(20)28(29)33-24/h1-15H. The summed E-state index contributed by atoms with van der Waals surface area (Å²) in [6.07, 6.45) is 0. The number of hydrogen-bond acceptors (Lipinski definition) is 4. The second kappa shape index (κ2) is 7.12. The van der Waals surface area contributed by atoms with Crippen LogP contribution in [0.3, 0.4) is 0 Å². The zero-order valence-electron chi connectivity index (χ0n) is 18.4. The third kappa shape index (κ3) is 2.55. The van der Waals surface area contributed by atoms with Gasteiger partial charge in [-0.1, -0.05) is 72.8 Å². The Morgan fingerprint density at radius 3 is 1.83 bits per heavy atom. The van der Waals surface area contributed by atoms with Crippen molar-refractivity contribution in [3.63, 3.8) is 0 Å². The van der Waals surface area contributed by atoms with E-state index in [0.29, 0.717) is 11.0 Å². The van der Waals surface area contributed by atoms with Crippen LogP contribution in [0.4, 0.5) is 0 Å². The molecule has 0 bridgehead atoms. The molecule has 35 heavy (non-hydrogen) atoms. The van der Waals surface area contributed by atoms with Gasteiger partial charge in [-0.15, -0.1) is 0 Å². The number of benzene rings is 5. The monoisotopic (exact) mass is 445 g/mol. The van der Waals surface area contributed by atoms with E-state index in [0.717, 1.165) is 43.7 Å². The van der Waals surface area contributed by atoms with Crippen molar-refractivity contribution in [1.29, 1.82) is 10.5 Å². The SMILES string of the molecule is N#Cc1nc2c3ccccc3c3c(ccc4c5ccccc5n(-c5ccccc5)c43)c2nc1C#N. The summed E-state index contributed by atoms with van der Waals surface area (Å²) in [5.74, 6) is 0. The molecule has 7 rings (SSSR count). The lowest BCUT2D eigenvalue weighted by Crippen LogP contribution is -1.99. The molecular weight excluding hydrogens is 430 g/mol. The fourth-order valence-electron chi connectivity index (χ4n) is 5.25. The van der Waals surface area contributed by atoms with Gasteiger partial charge in [0, 0.05) is 32.6 Å². The summed E-state index contributed by atoms with van der Waals surface area (Å²) in [5.41, 5.74) is 4.61. The van der Waals surface area contributed by atoms with E-state index in [4.69, 9.17) is 0 Å². The summed E-state index contributed by atoms with van der Waals surface area (Å²) < 4.78 is 2.30. The molecule has 0 fully saturated rings. The van der Waals surface area contributed by atoms with Gasteiger partial charge in [0.2, 0.25) is 0 Å². The number of fused-ring (bicyclic) bond motifs is 10. The largest absolute Gasteiger partial charge is 0.309 e. The minimum atomic E-state index is 0.0419. The molecule has 0 amide bonds. The van der Waals surface area contributed by atoms with Crippen LogP contribution in [0.5, 0.6) is 0 Å². The van der Waals surface area contributed by atoms with Crippen LogP contribution in [-0.4, -0.2) is 14.5 Å². The Kier molecular flexibility index (Phi) is 3.91. The van der Waals surface area contributed by atoms with E-state index in [9.17, 15) is 10.5 Å². The van der Waals surface area contributed by atoms with Gasteiger partial charge >= 0.3 is 0 Å². The van der Waals surface area contributed by atoms with Crippen molar-refractivity contribution in [2.75, 3.05) is 0 Å². The molecule has 0 saturated carbocycles. The Morgan fingerprint density at radius 1 is 0.543 bits per heavy atom. The first-order chi connectivity index (χ1) is 17.3. The van der Waals surface area contributed by atoms with Gasteiger partial charge in [0.25, 0.3) is 0 Å². The topological polar surface area (TPSA) is 78.3 Å². The van der Waals surface area contributed by atoms with E-state index in [2.05, 4.69) is 69.1 Å². The van der Waals surface area contributed by atoms with Gasteiger partial charge in [-0.3, -0.25) is 0 Å². The van der Waals surface area contributed by atoms with Gasteiger partial charge in [0.15, 0.2) is 11.4 Å². The smallest absolute Gasteiger partial charge is 0.177 e. The molecule has 0 aliphatic carbocycles. The molecule has 0 radical (unpaired) electrons. The average molecular weight is 445 g/mol. The summed E-state index contributed by atoms with van der Waals surface area (Å²) in [6, 6.07) is 35.1. The predicted molar refractivity (Wildman–Crippen MR) is 138 cm³/mol. The van der Waals surface area contributed by atoms with Gasteiger partial charge in [0.05, 0.1) is 22.1 Å². The maximum Gasteiger partial charge on any atom is 0.177 e. The van der Waals surface area contributed by atoms with Crippen LogP contribution >= 0.6 is 0 Å². The molecule has 5 aromatic carbocycles. The highest BCUT2D eigenvalue weighted by Crippen LogP contribution is 2.42. The van der Waals surface area contributed by atoms with Crippen LogP contribution in [-0.2, 0) is 0 Å². The van der Waals surface area contributed by atoms with Crippen LogP contribution < -0.4 is 0 Å². The van der Waals surface area contributed by atoms with Crippen molar-refractivity contribution in [2.24, 2.45) is 0 Å². The normalized spacial score (nSPS) is 11.4. The van der Waals surface area contributed by atoms with Crippen LogP contribution in [0.15, 0.2) is 91.0 Å². The van der Waals surface area contributed by atoms with E-state index < -0.39 is 0 Å². The molecule has 5 heteroatoms. The maximum absolute atomic E-state index is 9.65. The first-order valence-corrected chi connectivity index (χ1v) is 11.2. The predicted octanol–water partition coefficient (Wildman–Crippen LogP) is 6.78. The van der Waals surface area contributed by atoms with Crippen LogP contribution in [0.2, 0.25) is 0 Å². The number of para-hydroxylation sites is 2. The van der Waals surface area contributed by atoms with Crippen molar-refractivity contribution in [3.05, 3.63) is 102 Å².